The van der Waals surface area contributed by atoms with E-state index in [0.717, 1.165) is 42.5 Å². The first kappa shape index (κ1) is 30.0. The van der Waals surface area contributed by atoms with Crippen molar-refractivity contribution in [3.05, 3.63) is 108 Å². The van der Waals surface area contributed by atoms with E-state index in [0.29, 0.717) is 0 Å². The maximum absolute atomic E-state index is 13.7. The zero-order chi connectivity index (χ0) is 28.1. The van der Waals surface area contributed by atoms with Gasteiger partial charge < -0.3 is 0 Å². The molecule has 1 aliphatic rings. The van der Waals surface area contributed by atoms with Crippen molar-refractivity contribution in [2.24, 2.45) is 0 Å². The zero-order valence-corrected chi connectivity index (χ0v) is 18.5. The van der Waals surface area contributed by atoms with Gasteiger partial charge in [-0.15, -0.1) is 0 Å². The van der Waals surface area contributed by atoms with Crippen LogP contribution in [0.25, 0.3) is 0 Å². The highest BCUT2D eigenvalue weighted by Gasteiger charge is 2.72. The van der Waals surface area contributed by atoms with Crippen LogP contribution in [0.2, 0.25) is 0 Å². The molecule has 0 spiro atoms. The molecule has 37 heavy (non-hydrogen) atoms. The van der Waals surface area contributed by atoms with Crippen molar-refractivity contribution in [2.45, 2.75) is 42.5 Å². The van der Waals surface area contributed by atoms with Crippen LogP contribution in [-0.4, -0.2) is 24.7 Å². The van der Waals surface area contributed by atoms with Crippen molar-refractivity contribution in [1.29, 1.82) is 0 Å². The van der Waals surface area contributed by atoms with Crippen molar-refractivity contribution in [2.75, 3.05) is 0 Å². The molecule has 2 aromatic carbocycles. The van der Waals surface area contributed by atoms with Crippen LogP contribution in [-0.2, 0) is 5.41 Å². The highest BCUT2D eigenvalue weighted by molar-refractivity contribution is 5.45. The van der Waals surface area contributed by atoms with Gasteiger partial charge in [-0.3, -0.25) is 0 Å². The molecule has 0 atom stereocenters. The first-order chi connectivity index (χ1) is 16.9. The lowest BCUT2D eigenvalue weighted by Crippen LogP contribution is -2.55. The van der Waals surface area contributed by atoms with E-state index < -0.39 is 59.2 Å². The van der Waals surface area contributed by atoms with Crippen LogP contribution < -0.4 is 0 Å². The molecular weight excluding hydrogens is 528 g/mol. The summed E-state index contributed by atoms with van der Waals surface area (Å²) >= 11 is 0. The van der Waals surface area contributed by atoms with Crippen molar-refractivity contribution < 1.29 is 52.7 Å². The first-order valence-electron chi connectivity index (χ1n) is 10.3. The van der Waals surface area contributed by atoms with E-state index in [9.17, 15) is 52.7 Å². The van der Waals surface area contributed by atoms with E-state index in [1.807, 2.05) is 0 Å². The summed E-state index contributed by atoms with van der Waals surface area (Å²) in [5, 5.41) is 0. The molecule has 3 rings (SSSR count). The molecule has 202 valence electrons. The van der Waals surface area contributed by atoms with Crippen molar-refractivity contribution in [3.63, 3.8) is 0 Å². The minimum absolute atomic E-state index is 0.430. The highest BCUT2D eigenvalue weighted by Crippen LogP contribution is 2.57. The van der Waals surface area contributed by atoms with Crippen LogP contribution in [0.4, 0.5) is 52.7 Å². The molecule has 0 heterocycles. The van der Waals surface area contributed by atoms with Crippen LogP contribution in [0.15, 0.2) is 96.6 Å². The van der Waals surface area contributed by atoms with Gasteiger partial charge in [-0.1, -0.05) is 91.0 Å². The van der Waals surface area contributed by atoms with Gasteiger partial charge in [-0.25, -0.2) is 0 Å². The number of alkyl halides is 12. The lowest BCUT2D eigenvalue weighted by atomic mass is 9.71. The Kier molecular flexibility index (Phi) is 8.98. The second-order valence-corrected chi connectivity index (χ2v) is 7.75. The molecule has 0 unspecified atom stereocenters. The molecule has 1 aliphatic carbocycles. The molecule has 2 aromatic rings. The summed E-state index contributed by atoms with van der Waals surface area (Å²) in [6.07, 6.45) is -15.9. The summed E-state index contributed by atoms with van der Waals surface area (Å²) in [6.45, 7) is 0. The molecule has 0 aromatic heterocycles. The van der Waals surface area contributed by atoms with E-state index in [1.165, 1.54) is 48.6 Å². The van der Waals surface area contributed by atoms with E-state index in [4.69, 9.17) is 0 Å². The number of rotatable bonds is 3. The Balaban J connectivity index is 0.000000281. The Labute approximate surface area is 203 Å². The minimum Gasteiger partial charge on any atom is -0.170 e. The molecule has 0 nitrogen and oxygen atoms in total. The molecular formula is C25H18F12. The molecule has 12 heteroatoms. The summed E-state index contributed by atoms with van der Waals surface area (Å²) in [6, 6.07) is 10.7. The van der Waals surface area contributed by atoms with Crippen LogP contribution in [0, 0.1) is 0 Å². The molecule has 0 aliphatic heterocycles. The average Bonchev–Trinajstić information content (AvgIpc) is 3.02. The third-order valence-corrected chi connectivity index (χ3v) is 5.32. The monoisotopic (exact) mass is 546 g/mol. The number of halogens is 12. The van der Waals surface area contributed by atoms with Crippen LogP contribution in [0.1, 0.15) is 23.5 Å². The van der Waals surface area contributed by atoms with Gasteiger partial charge in [0.25, 0.3) is 0 Å². The maximum Gasteiger partial charge on any atom is 0.410 e. The first-order valence-corrected chi connectivity index (χ1v) is 10.3. The largest absolute Gasteiger partial charge is 0.410 e. The predicted octanol–water partition coefficient (Wildman–Crippen LogP) is 9.39. The second kappa shape index (κ2) is 11.1. The fourth-order valence-electron chi connectivity index (χ4n) is 3.79. The lowest BCUT2D eigenvalue weighted by molar-refractivity contribution is -0.290. The Hall–Kier alpha value is -3.18. The van der Waals surface area contributed by atoms with Gasteiger partial charge in [0, 0.05) is 0 Å². The van der Waals surface area contributed by atoms with Crippen LogP contribution in [0.3, 0.4) is 0 Å². The van der Waals surface area contributed by atoms with Gasteiger partial charge in [0.1, 0.15) is 0 Å². The third-order valence-electron chi connectivity index (χ3n) is 5.32. The van der Waals surface area contributed by atoms with E-state index in [-0.39, 0.29) is 0 Å². The molecule has 0 amide bonds. The molecule has 0 fully saturated rings. The zero-order valence-electron chi connectivity index (χ0n) is 18.5. The summed E-state index contributed by atoms with van der Waals surface area (Å²) < 4.78 is 155. The summed E-state index contributed by atoms with van der Waals surface area (Å²) in [5.41, 5.74) is -6.38. The number of benzene rings is 2. The van der Waals surface area contributed by atoms with E-state index in [2.05, 4.69) is 0 Å². The molecule has 0 N–H and O–H groups in total. The summed E-state index contributed by atoms with van der Waals surface area (Å²) in [5.74, 6) is -3.41. The average molecular weight is 546 g/mol. The predicted molar refractivity (Wildman–Crippen MR) is 113 cm³/mol. The fraction of sp³-hybridized carbons (Fsp3) is 0.280. The molecule has 0 saturated heterocycles. The van der Waals surface area contributed by atoms with Crippen molar-refractivity contribution in [1.82, 2.24) is 0 Å². The highest BCUT2D eigenvalue weighted by atomic mass is 19.4. The number of hydrogen-bond acceptors (Lipinski definition) is 0. The van der Waals surface area contributed by atoms with Gasteiger partial charge in [0.15, 0.2) is 5.92 Å². The smallest absolute Gasteiger partial charge is 0.170 e. The molecule has 0 bridgehead atoms. The van der Waals surface area contributed by atoms with Gasteiger partial charge in [0.2, 0.25) is 5.41 Å². The van der Waals surface area contributed by atoms with E-state index >= 15 is 0 Å². The normalized spacial score (nSPS) is 15.1. The Morgan fingerprint density at radius 1 is 0.541 bits per heavy atom. The topological polar surface area (TPSA) is 0 Å². The minimum atomic E-state index is -5.51. The van der Waals surface area contributed by atoms with Gasteiger partial charge in [-0.05, 0) is 23.1 Å². The Morgan fingerprint density at radius 2 is 1.00 bits per heavy atom. The van der Waals surface area contributed by atoms with Gasteiger partial charge in [-0.2, -0.15) is 52.7 Å². The summed E-state index contributed by atoms with van der Waals surface area (Å²) in [4.78, 5) is 0. The van der Waals surface area contributed by atoms with Crippen molar-refractivity contribution >= 4 is 0 Å². The third kappa shape index (κ3) is 6.78. The summed E-state index contributed by atoms with van der Waals surface area (Å²) in [7, 11) is 0. The number of allylic oxidation sites excluding steroid dienone is 6. The van der Waals surface area contributed by atoms with E-state index in [1.54, 1.807) is 0 Å². The second-order valence-electron chi connectivity index (χ2n) is 7.75. The van der Waals surface area contributed by atoms with Crippen LogP contribution >= 0.6 is 0 Å². The Morgan fingerprint density at radius 3 is 1.43 bits per heavy atom. The number of hydrogen-bond donors (Lipinski definition) is 0. The molecule has 0 saturated carbocycles. The SMILES string of the molecule is FC(F)(F)C(C1=CC=CC=CC1)(c1ccccc1)C(F)(F)F.FC(F)(F)C(c1ccccc1)C(F)(F)F. The standard InChI is InChI=1S/C16H12F6.C9H6F6/c17-15(18,19)14(16(20,21)22,13-10-6-3-7-11-13)12-8-4-1-2-5-9-12;10-8(11,12)7(9(13,14)15)6-4-2-1-3-5-6/h1-8,10-11H,9H2;1-5,7H. The van der Waals surface area contributed by atoms with Crippen LogP contribution in [0.5, 0.6) is 0 Å². The van der Waals surface area contributed by atoms with Gasteiger partial charge >= 0.3 is 24.7 Å². The lowest BCUT2D eigenvalue weighted by Gasteiger charge is -2.39. The quantitative estimate of drug-likeness (QED) is 0.337. The molecule has 0 radical (unpaired) electrons. The fourth-order valence-corrected chi connectivity index (χ4v) is 3.79. The van der Waals surface area contributed by atoms with Crippen molar-refractivity contribution in [3.8, 4) is 0 Å². The van der Waals surface area contributed by atoms with Gasteiger partial charge in [0.05, 0.1) is 0 Å². The Bertz CT molecular complexity index is 1050. The maximum atomic E-state index is 13.7.